The van der Waals surface area contributed by atoms with Gasteiger partial charge in [0.05, 0.1) is 60.0 Å². The zero-order chi connectivity index (χ0) is 51.2. The molecule has 380 valence electrons. The van der Waals surface area contributed by atoms with Gasteiger partial charge in [0.1, 0.15) is 47.8 Å². The highest BCUT2D eigenvalue weighted by molar-refractivity contribution is 6.36. The number of ether oxygens (including phenoxy) is 5. The third-order valence-corrected chi connectivity index (χ3v) is 13.3. The average Bonchev–Trinajstić information content (AvgIpc) is 3.74. The summed E-state index contributed by atoms with van der Waals surface area (Å²) in [6, 6.07) is 20.8. The number of hydrogen-bond acceptors (Lipinski definition) is 13. The number of fused-ring (bicyclic) bond motifs is 1. The molecule has 3 aromatic carbocycles. The number of hydrogen-bond donors (Lipinski definition) is 1. The van der Waals surface area contributed by atoms with E-state index >= 15 is 13.2 Å². The van der Waals surface area contributed by atoms with Crippen LogP contribution in [0.2, 0.25) is 5.02 Å². The zero-order valence-electron chi connectivity index (χ0n) is 40.6. The van der Waals surface area contributed by atoms with Crippen LogP contribution < -0.4 is 34.1 Å². The van der Waals surface area contributed by atoms with Gasteiger partial charge in [-0.25, -0.2) is 23.5 Å². The van der Waals surface area contributed by atoms with Gasteiger partial charge in [-0.2, -0.15) is 23.1 Å². The molecule has 0 spiro atoms. The molecule has 3 aliphatic heterocycles. The van der Waals surface area contributed by atoms with Gasteiger partial charge in [0, 0.05) is 43.4 Å². The van der Waals surface area contributed by atoms with Crippen molar-refractivity contribution in [2.75, 3.05) is 62.2 Å². The smallest absolute Gasteiger partial charge is 0.418 e. The molecule has 6 heterocycles. The predicted molar refractivity (Wildman–Crippen MR) is 263 cm³/mol. The highest BCUT2D eigenvalue weighted by Crippen LogP contribution is 2.50. The standard InChI is InChI=1S/C52H54ClF5N8O6/c1-31-23-39(65(25-32-10-14-35(68-5)15-11-32)26-33-12-16-36(69-6)17-13-33)61-43(41(31)52(56,57)58)37-24-38-40-44(42(37)53)70-22-21-64(27-34-9-7-19-59-45(34)62-48(67)72-49(2,3)4)46(40)63-47(60-38)71-30-50-18-8-20-66(50)29-51(54,55)28-50/h7,9-17,19,23-24H,8,18,20-22,25-30H2,1-6H3,(H,59,62,67)/t50-/m1/s1. The van der Waals surface area contributed by atoms with Crippen LogP contribution in [0, 0.1) is 6.92 Å². The number of carbonyl (C=O) groups is 1. The minimum atomic E-state index is -4.90. The largest absolute Gasteiger partial charge is 0.497 e. The van der Waals surface area contributed by atoms with E-state index in [1.165, 1.54) is 25.3 Å². The van der Waals surface area contributed by atoms with Crippen molar-refractivity contribution in [3.63, 3.8) is 0 Å². The first-order valence-corrected chi connectivity index (χ1v) is 23.8. The third kappa shape index (κ3) is 10.7. The van der Waals surface area contributed by atoms with Gasteiger partial charge in [0.25, 0.3) is 5.92 Å². The van der Waals surface area contributed by atoms with E-state index in [1.54, 1.807) is 76.3 Å². The number of benzene rings is 3. The molecule has 1 N–H and O–H groups in total. The van der Waals surface area contributed by atoms with E-state index in [1.807, 2.05) is 34.1 Å². The molecular formula is C52H54ClF5N8O6. The molecule has 2 saturated heterocycles. The van der Waals surface area contributed by atoms with Gasteiger partial charge in [0.15, 0.2) is 5.75 Å². The molecule has 72 heavy (non-hydrogen) atoms. The fraction of sp³-hybridized carbons (Fsp3) is 0.404. The minimum Gasteiger partial charge on any atom is -0.497 e. The van der Waals surface area contributed by atoms with Crippen molar-refractivity contribution in [2.24, 2.45) is 0 Å². The maximum atomic E-state index is 15.6. The lowest BCUT2D eigenvalue weighted by Crippen LogP contribution is -2.43. The Bertz CT molecular complexity index is 2930. The Morgan fingerprint density at radius 2 is 1.61 bits per heavy atom. The van der Waals surface area contributed by atoms with Crippen LogP contribution >= 0.6 is 11.6 Å². The van der Waals surface area contributed by atoms with E-state index < -0.39 is 53.6 Å². The molecule has 6 aromatic rings. The molecule has 0 radical (unpaired) electrons. The molecular weight excluding hydrogens is 963 g/mol. The second-order valence-electron chi connectivity index (χ2n) is 19.3. The zero-order valence-corrected chi connectivity index (χ0v) is 41.4. The van der Waals surface area contributed by atoms with Crippen LogP contribution in [0.5, 0.6) is 23.3 Å². The van der Waals surface area contributed by atoms with Gasteiger partial charge in [-0.05, 0) is 106 Å². The van der Waals surface area contributed by atoms with E-state index in [4.69, 9.17) is 50.2 Å². The summed E-state index contributed by atoms with van der Waals surface area (Å²) < 4.78 is 106. The van der Waals surface area contributed by atoms with E-state index in [9.17, 15) is 13.6 Å². The maximum Gasteiger partial charge on any atom is 0.418 e. The normalized spacial score (nSPS) is 17.5. The van der Waals surface area contributed by atoms with Crippen molar-refractivity contribution in [1.82, 2.24) is 24.8 Å². The third-order valence-electron chi connectivity index (χ3n) is 13.0. The molecule has 3 aromatic heterocycles. The Hall–Kier alpha value is -6.73. The Balaban J connectivity index is 1.19. The first-order valence-electron chi connectivity index (χ1n) is 23.4. The summed E-state index contributed by atoms with van der Waals surface area (Å²) in [7, 11) is 3.12. The maximum absolute atomic E-state index is 15.6. The molecule has 20 heteroatoms. The summed E-state index contributed by atoms with van der Waals surface area (Å²) in [6.45, 7) is 7.21. The Kier molecular flexibility index (Phi) is 13.7. The van der Waals surface area contributed by atoms with Crippen LogP contribution in [-0.4, -0.2) is 95.1 Å². The Morgan fingerprint density at radius 3 is 2.25 bits per heavy atom. The molecule has 0 saturated carbocycles. The number of pyridine rings is 2. The second-order valence-corrected chi connectivity index (χ2v) is 19.7. The van der Waals surface area contributed by atoms with Gasteiger partial charge in [-0.1, -0.05) is 41.9 Å². The summed E-state index contributed by atoms with van der Waals surface area (Å²) in [4.78, 5) is 37.3. The fourth-order valence-corrected chi connectivity index (χ4v) is 10.1. The van der Waals surface area contributed by atoms with Crippen molar-refractivity contribution in [3.8, 4) is 34.5 Å². The second kappa shape index (κ2) is 19.7. The van der Waals surface area contributed by atoms with Gasteiger partial charge in [0.2, 0.25) is 0 Å². The summed E-state index contributed by atoms with van der Waals surface area (Å²) in [5.74, 6) is -0.960. The number of aryl methyl sites for hydroxylation is 1. The molecule has 9 rings (SSSR count). The topological polar surface area (TPSA) is 137 Å². The van der Waals surface area contributed by atoms with Crippen LogP contribution in [0.1, 0.15) is 67.9 Å². The van der Waals surface area contributed by atoms with Crippen LogP contribution in [-0.2, 0) is 30.5 Å². The minimum absolute atomic E-state index is 0.00815. The van der Waals surface area contributed by atoms with Crippen molar-refractivity contribution in [1.29, 1.82) is 0 Å². The number of rotatable bonds is 14. The highest BCUT2D eigenvalue weighted by atomic mass is 35.5. The first kappa shape index (κ1) is 50.2. The molecule has 0 unspecified atom stereocenters. The lowest BCUT2D eigenvalue weighted by Gasteiger charge is -2.30. The van der Waals surface area contributed by atoms with Crippen LogP contribution in [0.25, 0.3) is 22.2 Å². The van der Waals surface area contributed by atoms with Crippen molar-refractivity contribution in [3.05, 3.63) is 112 Å². The number of methoxy groups -OCH3 is 2. The Morgan fingerprint density at radius 1 is 0.931 bits per heavy atom. The predicted octanol–water partition coefficient (Wildman–Crippen LogP) is 11.3. The number of aromatic nitrogens is 4. The van der Waals surface area contributed by atoms with Crippen molar-refractivity contribution >= 4 is 46.1 Å². The molecule has 0 bridgehead atoms. The van der Waals surface area contributed by atoms with Crippen LogP contribution in [0.4, 0.5) is 44.2 Å². The van der Waals surface area contributed by atoms with E-state index in [0.29, 0.717) is 36.4 Å². The molecule has 2 fully saturated rings. The van der Waals surface area contributed by atoms with Gasteiger partial charge >= 0.3 is 18.3 Å². The van der Waals surface area contributed by atoms with Crippen LogP contribution in [0.15, 0.2) is 79.0 Å². The van der Waals surface area contributed by atoms with Crippen molar-refractivity contribution < 1.29 is 50.4 Å². The molecule has 0 aliphatic carbocycles. The number of nitrogens with zero attached hydrogens (tertiary/aromatic N) is 7. The first-order chi connectivity index (χ1) is 34.2. The molecule has 1 atom stereocenters. The number of carbonyl (C=O) groups excluding carboxylic acids is 1. The number of alkyl halides is 5. The average molecular weight is 1020 g/mol. The van der Waals surface area contributed by atoms with E-state index in [2.05, 4.69) is 10.3 Å². The molecule has 1 amide bonds. The summed E-state index contributed by atoms with van der Waals surface area (Å²) in [6.07, 6.45) is -3.34. The highest BCUT2D eigenvalue weighted by Gasteiger charge is 2.57. The quantitative estimate of drug-likeness (QED) is 0.104. The monoisotopic (exact) mass is 1020 g/mol. The van der Waals surface area contributed by atoms with Gasteiger partial charge in [-0.3, -0.25) is 10.2 Å². The molecule has 3 aliphatic rings. The van der Waals surface area contributed by atoms with Crippen molar-refractivity contribution in [2.45, 2.75) is 89.8 Å². The van der Waals surface area contributed by atoms with E-state index in [0.717, 1.165) is 11.1 Å². The lowest BCUT2D eigenvalue weighted by atomic mass is 9.94. The summed E-state index contributed by atoms with van der Waals surface area (Å²) >= 11 is 7.32. The summed E-state index contributed by atoms with van der Waals surface area (Å²) in [5, 5.41) is 2.81. The van der Waals surface area contributed by atoms with E-state index in [-0.39, 0.29) is 95.7 Å². The van der Waals surface area contributed by atoms with Gasteiger partial charge < -0.3 is 33.5 Å². The van der Waals surface area contributed by atoms with Crippen LogP contribution in [0.3, 0.4) is 0 Å². The number of amides is 1. The number of anilines is 3. The fourth-order valence-electron chi connectivity index (χ4n) is 9.76. The SMILES string of the molecule is COc1ccc(CN(Cc2ccc(OC)cc2)c2cc(C)c(C(F)(F)F)c(-c3cc4nc(OC[C@]56CCCN5CC(F)(F)C6)nc5c4c(c3Cl)OCCN5Cc3cccnc3NC(=O)OC(C)(C)C)n2)cc1. The lowest BCUT2D eigenvalue weighted by molar-refractivity contribution is -0.137. The number of halogens is 6. The van der Waals surface area contributed by atoms with Gasteiger partial charge in [-0.15, -0.1) is 0 Å². The molecule has 14 nitrogen and oxygen atoms in total. The number of nitrogens with one attached hydrogen (secondary N) is 1. The Labute approximate surface area is 418 Å². The summed E-state index contributed by atoms with van der Waals surface area (Å²) in [5.41, 5.74) is -1.16.